The molecule has 0 N–H and O–H groups in total. The normalized spacial score (nSPS) is 12.5. The van der Waals surface area contributed by atoms with Crippen molar-refractivity contribution < 1.29 is 4.74 Å². The maximum Gasteiger partial charge on any atom is 0.133 e. The molecule has 0 spiro atoms. The molecule has 0 radical (unpaired) electrons. The minimum Gasteiger partial charge on any atom is -0.439 e. The van der Waals surface area contributed by atoms with Gasteiger partial charge in [-0.3, -0.25) is 0 Å². The minimum absolute atomic E-state index is 0.00784. The Labute approximate surface area is 131 Å². The number of benzene rings is 1. The van der Waals surface area contributed by atoms with Crippen molar-refractivity contribution in [3.63, 3.8) is 0 Å². The Morgan fingerprint density at radius 1 is 0.810 bits per heavy atom. The van der Waals surface area contributed by atoms with Gasteiger partial charge in [-0.15, -0.1) is 0 Å². The van der Waals surface area contributed by atoms with Crippen LogP contribution in [0.25, 0.3) is 0 Å². The molecule has 0 aliphatic rings. The summed E-state index contributed by atoms with van der Waals surface area (Å²) in [5.74, 6) is 4.33. The first-order valence-corrected chi connectivity index (χ1v) is 8.04. The first kappa shape index (κ1) is 17.6. The third-order valence-corrected chi connectivity index (χ3v) is 3.92. The smallest absolute Gasteiger partial charge is 0.133 e. The van der Waals surface area contributed by atoms with Crippen molar-refractivity contribution in [2.45, 2.75) is 79.2 Å². The fourth-order valence-corrected chi connectivity index (χ4v) is 2.69. The first-order chi connectivity index (χ1) is 9.79. The summed E-state index contributed by atoms with van der Waals surface area (Å²) < 4.78 is 5.70. The lowest BCUT2D eigenvalue weighted by Crippen LogP contribution is -2.10. The summed E-state index contributed by atoms with van der Waals surface area (Å²) in [6, 6.07) is 4.71. The molecule has 0 saturated carbocycles. The number of ether oxygens (including phenoxy) is 1. The molecule has 0 aliphatic heterocycles. The Balaban J connectivity index is 3.51. The molecule has 1 rings (SSSR count). The molecule has 1 heteroatoms. The Morgan fingerprint density at radius 3 is 1.62 bits per heavy atom. The monoisotopic (exact) mass is 286 g/mol. The third kappa shape index (κ3) is 4.27. The van der Waals surface area contributed by atoms with Gasteiger partial charge < -0.3 is 4.74 Å². The third-order valence-electron chi connectivity index (χ3n) is 3.92. The maximum atomic E-state index is 5.70. The average molecular weight is 286 g/mol. The first-order valence-electron chi connectivity index (χ1n) is 8.04. The van der Waals surface area contributed by atoms with Crippen LogP contribution < -0.4 is 0 Å². The predicted molar refractivity (Wildman–Crippen MR) is 91.7 cm³/mol. The van der Waals surface area contributed by atoms with Gasteiger partial charge in [0.1, 0.15) is 12.2 Å². The summed E-state index contributed by atoms with van der Waals surface area (Å²) in [6.07, 6.45) is 2.77. The molecule has 1 unspecified atom stereocenters. The van der Waals surface area contributed by atoms with Gasteiger partial charge in [0.05, 0.1) is 0 Å². The molecule has 1 atom stereocenters. The zero-order chi connectivity index (χ0) is 16.2. The molecule has 0 heterocycles. The topological polar surface area (TPSA) is 9.23 Å². The van der Waals surface area contributed by atoms with Crippen LogP contribution in [-0.2, 0) is 4.74 Å². The summed E-state index contributed by atoms with van der Waals surface area (Å²) in [5.41, 5.74) is 5.54. The van der Waals surface area contributed by atoms with E-state index in [0.29, 0.717) is 17.8 Å². The van der Waals surface area contributed by atoms with E-state index >= 15 is 0 Å². The van der Waals surface area contributed by atoms with Gasteiger partial charge in [0, 0.05) is 12.5 Å². The van der Waals surface area contributed by atoms with E-state index in [1.807, 2.05) is 0 Å². The van der Waals surface area contributed by atoms with E-state index in [0.717, 1.165) is 0 Å². The molecule has 0 bridgehead atoms. The maximum absolute atomic E-state index is 5.70. The van der Waals surface area contributed by atoms with Gasteiger partial charge in [-0.05, 0) is 41.4 Å². The molecule has 1 aromatic rings. The lowest BCUT2D eigenvalue weighted by atomic mass is 9.82. The van der Waals surface area contributed by atoms with Gasteiger partial charge in [0.15, 0.2) is 0 Å². The quantitative estimate of drug-likeness (QED) is 0.593. The van der Waals surface area contributed by atoms with Gasteiger partial charge in [-0.1, -0.05) is 59.6 Å². The van der Waals surface area contributed by atoms with E-state index in [4.69, 9.17) is 4.74 Å². The van der Waals surface area contributed by atoms with Crippen molar-refractivity contribution in [2.75, 3.05) is 0 Å². The largest absolute Gasteiger partial charge is 0.439 e. The minimum atomic E-state index is 0.00784. The van der Waals surface area contributed by atoms with Crippen molar-refractivity contribution in [1.29, 1.82) is 0 Å². The number of hydrogen-bond donors (Lipinski definition) is 0. The zero-order valence-electron chi connectivity index (χ0n) is 14.9. The van der Waals surface area contributed by atoms with Gasteiger partial charge in [-0.25, -0.2) is 0 Å². The summed E-state index contributed by atoms with van der Waals surface area (Å²) in [4.78, 5) is 0. The number of hydrogen-bond acceptors (Lipinski definition) is 1. The van der Waals surface area contributed by atoms with Crippen LogP contribution in [0.5, 0.6) is 0 Å². The molecule has 21 heavy (non-hydrogen) atoms. The molecule has 1 aromatic carbocycles. The van der Waals surface area contributed by atoms with Crippen LogP contribution in [0.15, 0.2) is 12.1 Å². The summed E-state index contributed by atoms with van der Waals surface area (Å²) in [5, 5.41) is 0. The van der Waals surface area contributed by atoms with Crippen molar-refractivity contribution in [1.82, 2.24) is 0 Å². The summed E-state index contributed by atoms with van der Waals surface area (Å²) >= 11 is 0. The molecule has 0 amide bonds. The summed E-state index contributed by atoms with van der Waals surface area (Å²) in [6.45, 7) is 17.4. The second kappa shape index (κ2) is 7.55. The second-order valence-corrected chi connectivity index (χ2v) is 6.69. The van der Waals surface area contributed by atoms with E-state index in [9.17, 15) is 0 Å². The molecule has 1 nitrogen and oxygen atoms in total. The molecular formula is C20H30O. The number of rotatable bonds is 5. The fourth-order valence-electron chi connectivity index (χ4n) is 2.69. The highest BCUT2D eigenvalue weighted by Gasteiger charge is 2.21. The molecule has 0 fully saturated rings. The highest BCUT2D eigenvalue weighted by Crippen LogP contribution is 2.36. The van der Waals surface area contributed by atoms with E-state index in [-0.39, 0.29) is 6.10 Å². The van der Waals surface area contributed by atoms with Crippen molar-refractivity contribution in [3.05, 3.63) is 34.4 Å². The lowest BCUT2D eigenvalue weighted by molar-refractivity contribution is 0.185. The van der Waals surface area contributed by atoms with Gasteiger partial charge >= 0.3 is 0 Å². The standard InChI is InChI=1S/C20H30O/c1-9-10-21-16(8)20-18(14(4)5)11-17(13(2)3)12-19(20)15(6)7/h11-16H,1-8H3. The SMILES string of the molecule is CC#COC(C)c1c(C(C)C)cc(C(C)C)cc1C(C)C. The van der Waals surface area contributed by atoms with Crippen LogP contribution in [0.2, 0.25) is 0 Å². The van der Waals surface area contributed by atoms with E-state index in [1.165, 1.54) is 22.3 Å². The predicted octanol–water partition coefficient (Wildman–Crippen LogP) is 6.12. The van der Waals surface area contributed by atoms with Crippen LogP contribution in [-0.4, -0.2) is 0 Å². The van der Waals surface area contributed by atoms with Crippen LogP contribution in [0.4, 0.5) is 0 Å². The van der Waals surface area contributed by atoms with Crippen LogP contribution in [0.1, 0.15) is 102 Å². The van der Waals surface area contributed by atoms with E-state index < -0.39 is 0 Å². The van der Waals surface area contributed by atoms with Gasteiger partial charge in [0.25, 0.3) is 0 Å². The van der Waals surface area contributed by atoms with Crippen LogP contribution in [0.3, 0.4) is 0 Å². The molecule has 116 valence electrons. The second-order valence-electron chi connectivity index (χ2n) is 6.69. The highest BCUT2D eigenvalue weighted by atomic mass is 16.5. The van der Waals surface area contributed by atoms with Crippen molar-refractivity contribution in [3.8, 4) is 12.0 Å². The lowest BCUT2D eigenvalue weighted by Gasteiger charge is -2.25. The molecular weight excluding hydrogens is 256 g/mol. The Morgan fingerprint density at radius 2 is 1.29 bits per heavy atom. The van der Waals surface area contributed by atoms with Crippen LogP contribution in [0, 0.1) is 12.0 Å². The Hall–Kier alpha value is -1.42. The summed E-state index contributed by atoms with van der Waals surface area (Å²) in [7, 11) is 0. The van der Waals surface area contributed by atoms with E-state index in [1.54, 1.807) is 6.92 Å². The highest BCUT2D eigenvalue weighted by molar-refractivity contribution is 5.45. The molecule has 0 aliphatic carbocycles. The van der Waals surface area contributed by atoms with Crippen LogP contribution >= 0.6 is 0 Å². The fraction of sp³-hybridized carbons (Fsp3) is 0.600. The zero-order valence-corrected chi connectivity index (χ0v) is 14.9. The molecule has 0 aromatic heterocycles. The average Bonchev–Trinajstić information content (AvgIpc) is 2.42. The van der Waals surface area contributed by atoms with E-state index in [2.05, 4.69) is 72.6 Å². The Bertz CT molecular complexity index is 497. The van der Waals surface area contributed by atoms with Gasteiger partial charge in [-0.2, -0.15) is 0 Å². The van der Waals surface area contributed by atoms with Gasteiger partial charge in [0.2, 0.25) is 0 Å². The molecule has 0 saturated heterocycles. The van der Waals surface area contributed by atoms with Crippen molar-refractivity contribution in [2.24, 2.45) is 0 Å². The van der Waals surface area contributed by atoms with Crippen molar-refractivity contribution >= 4 is 0 Å². The Kier molecular flexibility index (Phi) is 6.34.